The number of nitrogens with zero attached hydrogens (tertiary/aromatic N) is 3. The Morgan fingerprint density at radius 2 is 2.12 bits per heavy atom. The molecule has 8 heteroatoms. The number of aldehydes is 1. The Labute approximate surface area is 139 Å². The Bertz CT molecular complexity index is 644. The van der Waals surface area contributed by atoms with Crippen LogP contribution in [0.5, 0.6) is 0 Å². The van der Waals surface area contributed by atoms with Crippen molar-refractivity contribution in [3.05, 3.63) is 23.3 Å². The summed E-state index contributed by atoms with van der Waals surface area (Å²) in [5, 5.41) is 0. The summed E-state index contributed by atoms with van der Waals surface area (Å²) >= 11 is 0. The highest BCUT2D eigenvalue weighted by atomic mass is 19.3. The number of aryl methyl sites for hydroxylation is 1. The normalized spacial score (nSPS) is 20.6. The highest BCUT2D eigenvalue weighted by Gasteiger charge is 2.48. The number of carbonyl (C=O) groups is 2. The molecule has 0 aromatic carbocycles. The van der Waals surface area contributed by atoms with Crippen LogP contribution in [0.25, 0.3) is 0 Å². The predicted molar refractivity (Wildman–Crippen MR) is 82.3 cm³/mol. The molecule has 0 bridgehead atoms. The first-order valence-corrected chi connectivity index (χ1v) is 7.68. The zero-order valence-corrected chi connectivity index (χ0v) is 14.2. The topological polar surface area (TPSA) is 72.4 Å². The van der Waals surface area contributed by atoms with E-state index in [4.69, 9.17) is 4.74 Å². The van der Waals surface area contributed by atoms with Crippen LogP contribution in [0, 0.1) is 6.92 Å². The number of ether oxygens (including phenoxy) is 1. The molecule has 132 valence electrons. The monoisotopic (exact) mass is 341 g/mol. The number of piperidine rings is 1. The summed E-state index contributed by atoms with van der Waals surface area (Å²) in [6.07, 6.45) is 0.949. The van der Waals surface area contributed by atoms with Crippen molar-refractivity contribution in [2.24, 2.45) is 0 Å². The molecule has 1 amide bonds. The van der Waals surface area contributed by atoms with Crippen molar-refractivity contribution in [3.8, 4) is 0 Å². The number of alkyl halides is 2. The first-order chi connectivity index (χ1) is 11.0. The molecule has 1 aliphatic heterocycles. The van der Waals surface area contributed by atoms with Gasteiger partial charge in [-0.05, 0) is 34.1 Å². The fourth-order valence-electron chi connectivity index (χ4n) is 2.63. The maximum atomic E-state index is 14.6. The largest absolute Gasteiger partial charge is 0.444 e. The Balaban J connectivity index is 2.22. The molecule has 6 nitrogen and oxygen atoms in total. The smallest absolute Gasteiger partial charge is 0.410 e. The third kappa shape index (κ3) is 4.04. The summed E-state index contributed by atoms with van der Waals surface area (Å²) in [5.41, 5.74) is -0.667. The van der Waals surface area contributed by atoms with Crippen molar-refractivity contribution in [2.75, 3.05) is 13.1 Å². The number of carbonyl (C=O) groups excluding carboxylic acids is 2. The van der Waals surface area contributed by atoms with Crippen molar-refractivity contribution in [2.45, 2.75) is 51.6 Å². The van der Waals surface area contributed by atoms with E-state index in [0.29, 0.717) is 12.1 Å². The van der Waals surface area contributed by atoms with Crippen LogP contribution >= 0.6 is 0 Å². The molecule has 1 aliphatic rings. The molecular formula is C16H21F2N3O3. The summed E-state index contributed by atoms with van der Waals surface area (Å²) in [5.74, 6) is -4.13. The van der Waals surface area contributed by atoms with Gasteiger partial charge in [-0.3, -0.25) is 4.79 Å². The SMILES string of the molecule is Cc1ncc(C=O)c(C2CCN(C(=O)OC(C)(C)C)CC2(F)F)n1. The van der Waals surface area contributed by atoms with E-state index in [9.17, 15) is 18.4 Å². The minimum Gasteiger partial charge on any atom is -0.444 e. The van der Waals surface area contributed by atoms with Crippen LogP contribution in [0.2, 0.25) is 0 Å². The average molecular weight is 341 g/mol. The average Bonchev–Trinajstić information content (AvgIpc) is 2.44. The van der Waals surface area contributed by atoms with E-state index in [1.807, 2.05) is 0 Å². The second kappa shape index (κ2) is 6.41. The lowest BCUT2D eigenvalue weighted by Crippen LogP contribution is -2.51. The van der Waals surface area contributed by atoms with Gasteiger partial charge in [0.05, 0.1) is 23.7 Å². The maximum Gasteiger partial charge on any atom is 0.410 e. The van der Waals surface area contributed by atoms with E-state index in [1.165, 1.54) is 6.20 Å². The molecule has 1 fully saturated rings. The predicted octanol–water partition coefficient (Wildman–Crippen LogP) is 2.96. The van der Waals surface area contributed by atoms with E-state index in [1.54, 1.807) is 27.7 Å². The van der Waals surface area contributed by atoms with Crippen LogP contribution in [0.15, 0.2) is 6.20 Å². The Hall–Kier alpha value is -2.12. The first-order valence-electron chi connectivity index (χ1n) is 7.68. The highest BCUT2D eigenvalue weighted by molar-refractivity contribution is 5.76. The lowest BCUT2D eigenvalue weighted by Gasteiger charge is -2.38. The Morgan fingerprint density at radius 3 is 2.67 bits per heavy atom. The molecule has 0 saturated carbocycles. The number of amides is 1. The zero-order valence-electron chi connectivity index (χ0n) is 14.2. The van der Waals surface area contributed by atoms with Gasteiger partial charge in [0, 0.05) is 12.7 Å². The Kier molecular flexibility index (Phi) is 4.87. The molecule has 1 atom stereocenters. The molecule has 1 unspecified atom stereocenters. The number of hydrogen-bond donors (Lipinski definition) is 0. The van der Waals surface area contributed by atoms with Gasteiger partial charge < -0.3 is 9.64 Å². The molecule has 0 N–H and O–H groups in total. The van der Waals surface area contributed by atoms with E-state index in [-0.39, 0.29) is 24.2 Å². The molecule has 2 rings (SSSR count). The minimum atomic E-state index is -3.21. The van der Waals surface area contributed by atoms with Crippen LogP contribution in [-0.2, 0) is 4.74 Å². The number of aromatic nitrogens is 2. The van der Waals surface area contributed by atoms with E-state index < -0.39 is 30.1 Å². The van der Waals surface area contributed by atoms with E-state index in [0.717, 1.165) is 4.90 Å². The van der Waals surface area contributed by atoms with E-state index in [2.05, 4.69) is 9.97 Å². The third-order valence-corrected chi connectivity index (χ3v) is 3.68. The van der Waals surface area contributed by atoms with Crippen molar-refractivity contribution < 1.29 is 23.1 Å². The first kappa shape index (κ1) is 18.2. The van der Waals surface area contributed by atoms with Crippen molar-refractivity contribution in [1.29, 1.82) is 0 Å². The van der Waals surface area contributed by atoms with Crippen molar-refractivity contribution in [3.63, 3.8) is 0 Å². The van der Waals surface area contributed by atoms with Gasteiger partial charge in [0.2, 0.25) is 0 Å². The summed E-state index contributed by atoms with van der Waals surface area (Å²) < 4.78 is 34.4. The minimum absolute atomic E-state index is 0.0104. The van der Waals surface area contributed by atoms with Crippen LogP contribution in [-0.4, -0.2) is 51.9 Å². The second-order valence-corrected chi connectivity index (χ2v) is 6.88. The van der Waals surface area contributed by atoms with Crippen LogP contribution < -0.4 is 0 Å². The van der Waals surface area contributed by atoms with Crippen molar-refractivity contribution in [1.82, 2.24) is 14.9 Å². The lowest BCUT2D eigenvalue weighted by atomic mass is 9.87. The summed E-state index contributed by atoms with van der Waals surface area (Å²) in [4.78, 5) is 32.0. The molecule has 24 heavy (non-hydrogen) atoms. The number of halogens is 2. The molecule has 0 radical (unpaired) electrons. The molecule has 1 aromatic rings. The standard InChI is InChI=1S/C16H21F2N3O3/c1-10-19-7-11(8-22)13(20-10)12-5-6-21(9-16(12,17)18)14(23)24-15(2,3)4/h7-8,12H,5-6,9H2,1-4H3. The van der Waals surface area contributed by atoms with E-state index >= 15 is 0 Å². The molecule has 0 spiro atoms. The van der Waals surface area contributed by atoms with Crippen LogP contribution in [0.1, 0.15) is 55.0 Å². The summed E-state index contributed by atoms with van der Waals surface area (Å²) in [6.45, 7) is 5.94. The van der Waals surface area contributed by atoms with Gasteiger partial charge >= 0.3 is 6.09 Å². The fraction of sp³-hybridized carbons (Fsp3) is 0.625. The van der Waals surface area contributed by atoms with Crippen LogP contribution in [0.4, 0.5) is 13.6 Å². The van der Waals surface area contributed by atoms with Gasteiger partial charge in [-0.15, -0.1) is 0 Å². The van der Waals surface area contributed by atoms with Gasteiger partial charge in [-0.1, -0.05) is 0 Å². The lowest BCUT2D eigenvalue weighted by molar-refractivity contribution is -0.0859. The molecule has 0 aliphatic carbocycles. The second-order valence-electron chi connectivity index (χ2n) is 6.88. The highest BCUT2D eigenvalue weighted by Crippen LogP contribution is 2.40. The number of rotatable bonds is 2. The summed E-state index contributed by atoms with van der Waals surface area (Å²) in [6, 6.07) is 0. The Morgan fingerprint density at radius 1 is 1.46 bits per heavy atom. The molecule has 1 saturated heterocycles. The maximum absolute atomic E-state index is 14.6. The van der Waals surface area contributed by atoms with Gasteiger partial charge in [0.15, 0.2) is 6.29 Å². The van der Waals surface area contributed by atoms with Crippen LogP contribution in [0.3, 0.4) is 0 Å². The quantitative estimate of drug-likeness (QED) is 0.773. The fourth-order valence-corrected chi connectivity index (χ4v) is 2.63. The number of hydrogen-bond acceptors (Lipinski definition) is 5. The molecule has 1 aromatic heterocycles. The number of likely N-dealkylation sites (tertiary alicyclic amines) is 1. The van der Waals surface area contributed by atoms with Gasteiger partial charge in [0.25, 0.3) is 5.92 Å². The van der Waals surface area contributed by atoms with Crippen molar-refractivity contribution >= 4 is 12.4 Å². The van der Waals surface area contributed by atoms with Gasteiger partial charge in [-0.2, -0.15) is 0 Å². The zero-order chi connectivity index (χ0) is 18.1. The molecular weight excluding hydrogens is 320 g/mol. The third-order valence-electron chi connectivity index (χ3n) is 3.68. The summed E-state index contributed by atoms with van der Waals surface area (Å²) in [7, 11) is 0. The van der Waals surface area contributed by atoms with Gasteiger partial charge in [0.1, 0.15) is 11.4 Å². The van der Waals surface area contributed by atoms with Gasteiger partial charge in [-0.25, -0.2) is 23.5 Å². The molecule has 2 heterocycles.